The summed E-state index contributed by atoms with van der Waals surface area (Å²) < 4.78 is 70.9. The molecule has 0 unspecified atom stereocenters. The average Bonchev–Trinajstić information content (AvgIpc) is 2.42. The van der Waals surface area contributed by atoms with Crippen molar-refractivity contribution in [2.24, 2.45) is 5.92 Å². The number of benzene rings is 1. The van der Waals surface area contributed by atoms with Gasteiger partial charge in [0, 0.05) is 0 Å². The molecule has 0 amide bonds. The van der Waals surface area contributed by atoms with E-state index in [1.807, 2.05) is 0 Å². The smallest absolute Gasteiger partial charge is 0.468 e. The fourth-order valence-corrected chi connectivity index (χ4v) is 2.97. The van der Waals surface area contributed by atoms with Gasteiger partial charge in [-0.2, -0.15) is 4.72 Å². The summed E-state index contributed by atoms with van der Waals surface area (Å²) in [5, 5.41) is 0. The largest absolute Gasteiger partial charge is 0.573 e. The Bertz CT molecular complexity index is 641. The zero-order chi connectivity index (χ0) is 17.8. The maximum atomic E-state index is 12.2. The van der Waals surface area contributed by atoms with Crippen LogP contribution in [0.3, 0.4) is 0 Å². The highest BCUT2D eigenvalue weighted by atomic mass is 32.2. The molecular formula is C13H16F3NO5S. The van der Waals surface area contributed by atoms with Crippen LogP contribution in [0.2, 0.25) is 0 Å². The van der Waals surface area contributed by atoms with Crippen molar-refractivity contribution >= 4 is 16.0 Å². The van der Waals surface area contributed by atoms with Crippen LogP contribution in [-0.4, -0.2) is 33.9 Å². The lowest BCUT2D eigenvalue weighted by molar-refractivity contribution is -0.274. The summed E-state index contributed by atoms with van der Waals surface area (Å²) in [6.07, 6.45) is -4.87. The van der Waals surface area contributed by atoms with E-state index in [0.29, 0.717) is 0 Å². The molecule has 0 bridgehead atoms. The molecule has 0 aliphatic carbocycles. The molecule has 0 fully saturated rings. The number of methoxy groups -OCH3 is 1. The molecule has 1 atom stereocenters. The second kappa shape index (κ2) is 7.18. The lowest BCUT2D eigenvalue weighted by Gasteiger charge is -2.19. The Morgan fingerprint density at radius 2 is 1.70 bits per heavy atom. The number of alkyl halides is 3. The second-order valence-electron chi connectivity index (χ2n) is 4.89. The van der Waals surface area contributed by atoms with Gasteiger partial charge in [-0.3, -0.25) is 4.79 Å². The molecule has 0 radical (unpaired) electrons. The van der Waals surface area contributed by atoms with Gasteiger partial charge in [-0.1, -0.05) is 13.8 Å². The molecule has 10 heteroatoms. The van der Waals surface area contributed by atoms with Gasteiger partial charge in [0.15, 0.2) is 0 Å². The van der Waals surface area contributed by atoms with Gasteiger partial charge < -0.3 is 9.47 Å². The number of esters is 1. The van der Waals surface area contributed by atoms with Crippen LogP contribution >= 0.6 is 0 Å². The van der Waals surface area contributed by atoms with E-state index in [4.69, 9.17) is 0 Å². The Labute approximate surface area is 131 Å². The second-order valence-corrected chi connectivity index (χ2v) is 6.60. The molecule has 130 valence electrons. The molecule has 0 heterocycles. The van der Waals surface area contributed by atoms with E-state index in [1.54, 1.807) is 13.8 Å². The lowest BCUT2D eigenvalue weighted by atomic mass is 10.1. The number of carbonyl (C=O) groups is 1. The maximum absolute atomic E-state index is 12.2. The molecule has 0 aromatic heterocycles. The minimum atomic E-state index is -4.87. The van der Waals surface area contributed by atoms with Crippen molar-refractivity contribution in [3.8, 4) is 5.75 Å². The van der Waals surface area contributed by atoms with Gasteiger partial charge in [0.25, 0.3) is 0 Å². The number of sulfonamides is 1. The third-order valence-corrected chi connectivity index (χ3v) is 4.23. The molecule has 1 rings (SSSR count). The van der Waals surface area contributed by atoms with Gasteiger partial charge in [-0.15, -0.1) is 13.2 Å². The SMILES string of the molecule is COC(=O)[C@@H](NS(=O)(=O)c1ccc(OC(F)(F)F)cc1)C(C)C. The molecule has 0 saturated carbocycles. The van der Waals surface area contributed by atoms with Gasteiger partial charge in [0.1, 0.15) is 11.8 Å². The summed E-state index contributed by atoms with van der Waals surface area (Å²) in [4.78, 5) is 11.3. The summed E-state index contributed by atoms with van der Waals surface area (Å²) in [6, 6.07) is 2.50. The Morgan fingerprint density at radius 3 is 2.09 bits per heavy atom. The number of hydrogen-bond donors (Lipinski definition) is 1. The predicted octanol–water partition coefficient (Wildman–Crippen LogP) is 2.06. The Morgan fingerprint density at radius 1 is 1.17 bits per heavy atom. The molecule has 1 N–H and O–H groups in total. The van der Waals surface area contributed by atoms with Crippen LogP contribution in [0.15, 0.2) is 29.2 Å². The van der Waals surface area contributed by atoms with E-state index >= 15 is 0 Å². The van der Waals surface area contributed by atoms with E-state index in [0.717, 1.165) is 31.4 Å². The Hall–Kier alpha value is -1.81. The molecular weight excluding hydrogens is 339 g/mol. The van der Waals surface area contributed by atoms with Crippen molar-refractivity contribution in [2.75, 3.05) is 7.11 Å². The van der Waals surface area contributed by atoms with Gasteiger partial charge in [0.2, 0.25) is 10.0 Å². The summed E-state index contributed by atoms with van der Waals surface area (Å²) >= 11 is 0. The van der Waals surface area contributed by atoms with Crippen molar-refractivity contribution in [3.63, 3.8) is 0 Å². The topological polar surface area (TPSA) is 81.7 Å². The standard InChI is InChI=1S/C13H16F3NO5S/c1-8(2)11(12(18)21-3)17-23(19,20)10-6-4-9(5-7-10)22-13(14,15)16/h4-8,11,17H,1-3H3/t11-/m0/s1. The molecule has 0 spiro atoms. The van der Waals surface area contributed by atoms with Crippen molar-refractivity contribution < 1.29 is 35.9 Å². The van der Waals surface area contributed by atoms with Crippen LogP contribution in [0, 0.1) is 5.92 Å². The molecule has 1 aromatic rings. The molecule has 0 saturated heterocycles. The zero-order valence-electron chi connectivity index (χ0n) is 12.5. The molecule has 1 aromatic carbocycles. The number of hydrogen-bond acceptors (Lipinski definition) is 5. The molecule has 0 aliphatic heterocycles. The number of nitrogens with one attached hydrogen (secondary N) is 1. The first-order chi connectivity index (χ1) is 10.5. The minimum absolute atomic E-state index is 0.304. The van der Waals surface area contributed by atoms with Gasteiger partial charge in [-0.25, -0.2) is 8.42 Å². The summed E-state index contributed by atoms with van der Waals surface area (Å²) in [7, 11) is -2.99. The maximum Gasteiger partial charge on any atom is 0.573 e. The van der Waals surface area contributed by atoms with E-state index in [-0.39, 0.29) is 10.8 Å². The van der Waals surface area contributed by atoms with Crippen LogP contribution in [0.5, 0.6) is 5.75 Å². The molecule has 0 aliphatic rings. The molecule has 23 heavy (non-hydrogen) atoms. The predicted molar refractivity (Wildman–Crippen MR) is 74.1 cm³/mol. The number of carbonyl (C=O) groups excluding carboxylic acids is 1. The summed E-state index contributed by atoms with van der Waals surface area (Å²) in [5.41, 5.74) is 0. The monoisotopic (exact) mass is 355 g/mol. The highest BCUT2D eigenvalue weighted by Crippen LogP contribution is 2.24. The van der Waals surface area contributed by atoms with Crippen molar-refractivity contribution in [3.05, 3.63) is 24.3 Å². The van der Waals surface area contributed by atoms with Crippen LogP contribution in [0.25, 0.3) is 0 Å². The van der Waals surface area contributed by atoms with Crippen LogP contribution in [-0.2, 0) is 19.6 Å². The first-order valence-electron chi connectivity index (χ1n) is 6.42. The summed E-state index contributed by atoms with van der Waals surface area (Å²) in [6.45, 7) is 3.23. The molecule has 6 nitrogen and oxygen atoms in total. The third kappa shape index (κ3) is 5.71. The van der Waals surface area contributed by atoms with Crippen molar-refractivity contribution in [1.82, 2.24) is 4.72 Å². The lowest BCUT2D eigenvalue weighted by Crippen LogP contribution is -2.44. The number of ether oxygens (including phenoxy) is 2. The van der Waals surface area contributed by atoms with Crippen molar-refractivity contribution in [2.45, 2.75) is 31.1 Å². The first kappa shape index (κ1) is 19.2. The fraction of sp³-hybridized carbons (Fsp3) is 0.462. The van der Waals surface area contributed by atoms with Crippen LogP contribution < -0.4 is 9.46 Å². The van der Waals surface area contributed by atoms with Crippen LogP contribution in [0.1, 0.15) is 13.8 Å². The Balaban J connectivity index is 2.97. The fourth-order valence-electron chi connectivity index (χ4n) is 1.64. The van der Waals surface area contributed by atoms with Crippen molar-refractivity contribution in [1.29, 1.82) is 0 Å². The van der Waals surface area contributed by atoms with E-state index in [9.17, 15) is 26.4 Å². The third-order valence-electron chi connectivity index (χ3n) is 2.77. The van der Waals surface area contributed by atoms with Gasteiger partial charge >= 0.3 is 12.3 Å². The average molecular weight is 355 g/mol. The quantitative estimate of drug-likeness (QED) is 0.790. The van der Waals surface area contributed by atoms with Gasteiger partial charge in [0.05, 0.1) is 12.0 Å². The number of halogens is 3. The first-order valence-corrected chi connectivity index (χ1v) is 7.90. The normalized spacial score (nSPS) is 13.7. The zero-order valence-corrected chi connectivity index (χ0v) is 13.4. The Kier molecular flexibility index (Phi) is 6.00. The van der Waals surface area contributed by atoms with E-state index in [2.05, 4.69) is 14.2 Å². The van der Waals surface area contributed by atoms with E-state index in [1.165, 1.54) is 0 Å². The van der Waals surface area contributed by atoms with Crippen LogP contribution in [0.4, 0.5) is 13.2 Å². The van der Waals surface area contributed by atoms with Gasteiger partial charge in [-0.05, 0) is 30.2 Å². The highest BCUT2D eigenvalue weighted by molar-refractivity contribution is 7.89. The van der Waals surface area contributed by atoms with E-state index < -0.39 is 34.1 Å². The minimum Gasteiger partial charge on any atom is -0.468 e. The number of rotatable bonds is 6. The summed E-state index contributed by atoms with van der Waals surface area (Å²) in [5.74, 6) is -1.70. The highest BCUT2D eigenvalue weighted by Gasteiger charge is 2.32.